The molecule has 44 heavy (non-hydrogen) atoms. The SMILES string of the molecule is C=CN(C(=O)C(c1csc2ccc(Cl)cc12)P(=O)(O)OC(COC(=O)C(C)(C)C)OC(=O)C(C)(C)C)c1ccc(F)cc1F. The van der Waals surface area contributed by atoms with Crippen LogP contribution in [0.1, 0.15) is 52.8 Å². The number of ether oxygens (including phenoxy) is 2. The van der Waals surface area contributed by atoms with E-state index in [-0.39, 0.29) is 10.6 Å². The standard InChI is InChI=1S/C30H33ClF2NO8PS/c1-8-34(22-11-10-18(32)14-21(22)33)26(35)25(20-16-44-23-12-9-17(31)13-19(20)23)43(38,39)42-24(41-28(37)30(5,6)7)15-40-27(36)29(2,3)4/h8-14,16,24-25H,1,15H2,2-7H3,(H,38,39). The quantitative estimate of drug-likeness (QED) is 0.132. The van der Waals surface area contributed by atoms with Gasteiger partial charge in [0.15, 0.2) is 12.3 Å². The van der Waals surface area contributed by atoms with Crippen LogP contribution in [0.3, 0.4) is 0 Å². The van der Waals surface area contributed by atoms with Crippen LogP contribution < -0.4 is 4.90 Å². The lowest BCUT2D eigenvalue weighted by atomic mass is 9.97. The summed E-state index contributed by atoms with van der Waals surface area (Å²) in [7, 11) is -5.28. The Kier molecular flexibility index (Phi) is 10.8. The van der Waals surface area contributed by atoms with Crippen molar-refractivity contribution in [1.82, 2.24) is 0 Å². The smallest absolute Gasteiger partial charge is 0.348 e. The fraction of sp³-hybridized carbons (Fsp3) is 0.367. The van der Waals surface area contributed by atoms with E-state index in [1.54, 1.807) is 32.9 Å². The minimum atomic E-state index is -5.28. The van der Waals surface area contributed by atoms with Gasteiger partial charge >= 0.3 is 19.5 Å². The van der Waals surface area contributed by atoms with Crippen LogP contribution in [0.4, 0.5) is 14.5 Å². The van der Waals surface area contributed by atoms with E-state index < -0.39 is 72.1 Å². The van der Waals surface area contributed by atoms with Gasteiger partial charge in [0.2, 0.25) is 6.29 Å². The summed E-state index contributed by atoms with van der Waals surface area (Å²) in [5, 5.41) is 2.02. The largest absolute Gasteiger partial charge is 0.459 e. The first-order valence-corrected chi connectivity index (χ1v) is 16.1. The van der Waals surface area contributed by atoms with Gasteiger partial charge in [-0.05, 0) is 88.2 Å². The number of nitrogens with zero attached hydrogens (tertiary/aromatic N) is 1. The van der Waals surface area contributed by atoms with Gasteiger partial charge < -0.3 is 14.4 Å². The van der Waals surface area contributed by atoms with Crippen molar-refractivity contribution in [3.8, 4) is 0 Å². The Balaban J connectivity index is 2.15. The number of rotatable bonds is 10. The molecule has 3 aromatic rings. The molecule has 0 saturated heterocycles. The molecule has 3 unspecified atom stereocenters. The molecule has 1 amide bonds. The Labute approximate surface area is 262 Å². The molecule has 9 nitrogen and oxygen atoms in total. The van der Waals surface area contributed by atoms with Crippen LogP contribution in [0.5, 0.6) is 0 Å². The number of amides is 1. The molecule has 2 aromatic carbocycles. The summed E-state index contributed by atoms with van der Waals surface area (Å²) in [6.07, 6.45) is -1.03. The molecule has 238 valence electrons. The van der Waals surface area contributed by atoms with Gasteiger partial charge in [0, 0.05) is 22.0 Å². The molecule has 0 saturated carbocycles. The summed E-state index contributed by atoms with van der Waals surface area (Å²) < 4.78 is 59.3. The number of anilines is 1. The molecular formula is C30H33ClF2NO8PS. The molecule has 0 aliphatic heterocycles. The summed E-state index contributed by atoms with van der Waals surface area (Å²) >= 11 is 7.33. The third-order valence-corrected chi connectivity index (χ3v) is 9.00. The molecule has 1 aromatic heterocycles. The average molecular weight is 672 g/mol. The normalized spacial score (nSPS) is 14.8. The van der Waals surface area contributed by atoms with E-state index in [1.807, 2.05) is 0 Å². The summed E-state index contributed by atoms with van der Waals surface area (Å²) in [6.45, 7) is 12.0. The highest BCUT2D eigenvalue weighted by Gasteiger charge is 2.46. The zero-order valence-electron chi connectivity index (χ0n) is 24.9. The second-order valence-electron chi connectivity index (χ2n) is 11.8. The van der Waals surface area contributed by atoms with Crippen LogP contribution >= 0.6 is 30.5 Å². The first-order chi connectivity index (χ1) is 20.3. The zero-order chi connectivity index (χ0) is 33.2. The maximum absolute atomic E-state index is 14.8. The van der Waals surface area contributed by atoms with Crippen molar-refractivity contribution < 1.29 is 46.6 Å². The Morgan fingerprint density at radius 2 is 1.70 bits per heavy atom. The fourth-order valence-corrected chi connectivity index (χ4v) is 6.54. The third kappa shape index (κ3) is 8.31. The maximum Gasteiger partial charge on any atom is 0.348 e. The van der Waals surface area contributed by atoms with Gasteiger partial charge in [0.1, 0.15) is 11.6 Å². The van der Waals surface area contributed by atoms with Gasteiger partial charge in [-0.1, -0.05) is 18.2 Å². The predicted octanol–water partition coefficient (Wildman–Crippen LogP) is 7.76. The Bertz CT molecular complexity index is 1630. The maximum atomic E-state index is 14.8. The molecule has 0 spiro atoms. The Morgan fingerprint density at radius 3 is 2.27 bits per heavy atom. The van der Waals surface area contributed by atoms with Crippen LogP contribution in [-0.4, -0.2) is 35.6 Å². The van der Waals surface area contributed by atoms with Crippen LogP contribution in [0.15, 0.2) is 54.6 Å². The van der Waals surface area contributed by atoms with Crippen LogP contribution in [0.25, 0.3) is 10.1 Å². The van der Waals surface area contributed by atoms with Gasteiger partial charge in [-0.3, -0.25) is 28.4 Å². The lowest BCUT2D eigenvalue weighted by molar-refractivity contribution is -0.187. The molecule has 0 bridgehead atoms. The number of hydrogen-bond acceptors (Lipinski definition) is 8. The predicted molar refractivity (Wildman–Crippen MR) is 164 cm³/mol. The molecule has 1 heterocycles. The molecule has 3 rings (SSSR count). The number of halogens is 3. The van der Waals surface area contributed by atoms with E-state index in [1.165, 1.54) is 32.2 Å². The zero-order valence-corrected chi connectivity index (χ0v) is 27.4. The van der Waals surface area contributed by atoms with Gasteiger partial charge in [-0.15, -0.1) is 11.3 Å². The fourth-order valence-electron chi connectivity index (χ4n) is 3.77. The number of carbonyl (C=O) groups is 3. The van der Waals surface area contributed by atoms with Crippen LogP contribution in [0.2, 0.25) is 5.02 Å². The third-order valence-electron chi connectivity index (χ3n) is 6.09. The van der Waals surface area contributed by atoms with Crippen LogP contribution in [0, 0.1) is 22.5 Å². The van der Waals surface area contributed by atoms with Crippen molar-refractivity contribution in [2.24, 2.45) is 10.8 Å². The van der Waals surface area contributed by atoms with Gasteiger partial charge in [0.25, 0.3) is 5.91 Å². The van der Waals surface area contributed by atoms with E-state index >= 15 is 0 Å². The average Bonchev–Trinajstić information content (AvgIpc) is 3.29. The number of fused-ring (bicyclic) bond motifs is 1. The van der Waals surface area contributed by atoms with Crippen molar-refractivity contribution in [3.63, 3.8) is 0 Å². The Morgan fingerprint density at radius 1 is 1.07 bits per heavy atom. The lowest BCUT2D eigenvalue weighted by Gasteiger charge is -2.30. The molecular weight excluding hydrogens is 639 g/mol. The summed E-state index contributed by atoms with van der Waals surface area (Å²) in [5.41, 5.74) is -4.59. The second-order valence-corrected chi connectivity index (χ2v) is 15.0. The van der Waals surface area contributed by atoms with E-state index in [2.05, 4.69) is 6.58 Å². The van der Waals surface area contributed by atoms with Crippen molar-refractivity contribution in [3.05, 3.63) is 76.8 Å². The summed E-state index contributed by atoms with van der Waals surface area (Å²) in [6, 6.07) is 7.10. The molecule has 14 heteroatoms. The van der Waals surface area contributed by atoms with Crippen molar-refractivity contribution >= 4 is 64.2 Å². The second kappa shape index (κ2) is 13.5. The van der Waals surface area contributed by atoms with E-state index in [0.29, 0.717) is 21.1 Å². The topological polar surface area (TPSA) is 119 Å². The number of carbonyl (C=O) groups excluding carboxylic acids is 3. The minimum absolute atomic E-state index is 0.00899. The van der Waals surface area contributed by atoms with E-state index in [0.717, 1.165) is 29.7 Å². The highest BCUT2D eigenvalue weighted by Crippen LogP contribution is 2.60. The van der Waals surface area contributed by atoms with Crippen molar-refractivity contribution in [2.75, 3.05) is 11.5 Å². The molecule has 0 aliphatic rings. The van der Waals surface area contributed by atoms with Gasteiger partial charge in [-0.25, -0.2) is 8.78 Å². The summed E-state index contributed by atoms with van der Waals surface area (Å²) in [5.74, 6) is -4.81. The Hall–Kier alpha value is -3.15. The van der Waals surface area contributed by atoms with E-state index in [9.17, 15) is 32.6 Å². The molecule has 0 aliphatic carbocycles. The molecule has 0 fully saturated rings. The first-order valence-electron chi connectivity index (χ1n) is 13.2. The highest BCUT2D eigenvalue weighted by atomic mass is 35.5. The van der Waals surface area contributed by atoms with Gasteiger partial charge in [-0.2, -0.15) is 0 Å². The number of hydrogen-bond donors (Lipinski definition) is 1. The minimum Gasteiger partial charge on any atom is -0.459 e. The first kappa shape index (κ1) is 35.3. The van der Waals surface area contributed by atoms with Crippen molar-refractivity contribution in [2.45, 2.75) is 53.5 Å². The van der Waals surface area contributed by atoms with E-state index in [4.69, 9.17) is 25.6 Å². The number of thiophene rings is 1. The highest BCUT2D eigenvalue weighted by molar-refractivity contribution is 7.54. The lowest BCUT2D eigenvalue weighted by Crippen LogP contribution is -2.36. The number of benzene rings is 2. The molecule has 1 N–H and O–H groups in total. The van der Waals surface area contributed by atoms with Crippen LogP contribution in [-0.2, 0) is 32.9 Å². The molecule has 0 radical (unpaired) electrons. The number of esters is 2. The summed E-state index contributed by atoms with van der Waals surface area (Å²) in [4.78, 5) is 51.5. The van der Waals surface area contributed by atoms with Crippen molar-refractivity contribution in [1.29, 1.82) is 0 Å². The molecule has 3 atom stereocenters. The van der Waals surface area contributed by atoms with Gasteiger partial charge in [0.05, 0.1) is 16.5 Å². The monoisotopic (exact) mass is 671 g/mol.